The van der Waals surface area contributed by atoms with E-state index in [4.69, 9.17) is 4.74 Å². The second kappa shape index (κ2) is 14.3. The number of carbonyl (C=O) groups is 2. The highest BCUT2D eigenvalue weighted by atomic mass is 79.9. The Morgan fingerprint density at radius 1 is 0.950 bits per heavy atom. The summed E-state index contributed by atoms with van der Waals surface area (Å²) in [6.07, 6.45) is 1.79. The van der Waals surface area contributed by atoms with Crippen LogP contribution in [0, 0.1) is 0 Å². The molecule has 0 aliphatic rings. The largest absolute Gasteiger partial charge is 0.489 e. The van der Waals surface area contributed by atoms with Crippen LogP contribution < -0.4 is 14.4 Å². The minimum atomic E-state index is -3.83. The smallest absolute Gasteiger partial charge is 0.244 e. The zero-order chi connectivity index (χ0) is 29.3. The van der Waals surface area contributed by atoms with Crippen LogP contribution in [0.15, 0.2) is 83.3 Å². The van der Waals surface area contributed by atoms with Crippen LogP contribution in [-0.4, -0.2) is 50.0 Å². The molecule has 0 spiro atoms. The van der Waals surface area contributed by atoms with E-state index in [0.29, 0.717) is 18.0 Å². The van der Waals surface area contributed by atoms with Crippen molar-refractivity contribution in [2.45, 2.75) is 52.4 Å². The Balaban J connectivity index is 1.82. The van der Waals surface area contributed by atoms with Crippen molar-refractivity contribution in [1.29, 1.82) is 0 Å². The molecule has 0 aliphatic carbocycles. The molecular formula is C30H36BrN3O5S. The van der Waals surface area contributed by atoms with Crippen molar-refractivity contribution < 1.29 is 22.7 Å². The monoisotopic (exact) mass is 629 g/mol. The summed E-state index contributed by atoms with van der Waals surface area (Å²) >= 11 is 3.44. The van der Waals surface area contributed by atoms with E-state index in [-0.39, 0.29) is 18.5 Å². The molecule has 0 aromatic heterocycles. The average molecular weight is 631 g/mol. The number of carbonyl (C=O) groups excluding carboxylic acids is 2. The van der Waals surface area contributed by atoms with Gasteiger partial charge >= 0.3 is 0 Å². The molecule has 3 rings (SSSR count). The van der Waals surface area contributed by atoms with Gasteiger partial charge in [0.2, 0.25) is 21.8 Å². The van der Waals surface area contributed by atoms with E-state index in [0.717, 1.165) is 32.6 Å². The van der Waals surface area contributed by atoms with Crippen LogP contribution in [0.4, 0.5) is 5.69 Å². The number of amides is 2. The zero-order valence-electron chi connectivity index (χ0n) is 23.2. The summed E-state index contributed by atoms with van der Waals surface area (Å²) in [6, 6.07) is 22.8. The molecule has 3 aromatic rings. The Hall–Kier alpha value is -3.37. The Morgan fingerprint density at radius 2 is 1.60 bits per heavy atom. The van der Waals surface area contributed by atoms with Gasteiger partial charge in [-0.15, -0.1) is 0 Å². The first kappa shape index (κ1) is 31.2. The fourth-order valence-corrected chi connectivity index (χ4v) is 5.24. The molecule has 0 radical (unpaired) electrons. The lowest BCUT2D eigenvalue weighted by Crippen LogP contribution is -2.52. The van der Waals surface area contributed by atoms with Crippen molar-refractivity contribution in [3.8, 4) is 5.75 Å². The molecule has 2 amide bonds. The molecule has 0 bridgehead atoms. The molecule has 0 saturated heterocycles. The summed E-state index contributed by atoms with van der Waals surface area (Å²) in [6.45, 7) is 5.55. The van der Waals surface area contributed by atoms with Gasteiger partial charge in [-0.05, 0) is 67.8 Å². The van der Waals surface area contributed by atoms with Gasteiger partial charge in [0.25, 0.3) is 0 Å². The molecule has 0 saturated carbocycles. The summed E-state index contributed by atoms with van der Waals surface area (Å²) in [4.78, 5) is 28.1. The number of nitrogens with one attached hydrogen (secondary N) is 1. The lowest BCUT2D eigenvalue weighted by molar-refractivity contribution is -0.139. The first-order valence-corrected chi connectivity index (χ1v) is 15.7. The standard InChI is InChI=1S/C30H36BrN3O5S/c1-5-22(2)32-30(36)23(3)33(19-25-12-9-13-26(31)18-25)29(35)20-34(40(4,37)38)27-14-16-28(17-15-27)39-21-24-10-7-6-8-11-24/h6-18,22-23H,5,19-21H2,1-4H3,(H,32,36)/t22-,23-/m1/s1. The van der Waals surface area contributed by atoms with Gasteiger partial charge in [-0.2, -0.15) is 0 Å². The molecular weight excluding hydrogens is 594 g/mol. The summed E-state index contributed by atoms with van der Waals surface area (Å²) in [5.74, 6) is -0.232. The third kappa shape index (κ3) is 9.09. The lowest BCUT2D eigenvalue weighted by Gasteiger charge is -2.32. The maximum Gasteiger partial charge on any atom is 0.244 e. The van der Waals surface area contributed by atoms with Crippen LogP contribution in [0.1, 0.15) is 38.3 Å². The second-order valence-corrected chi connectivity index (χ2v) is 12.5. The van der Waals surface area contributed by atoms with Gasteiger partial charge in [0, 0.05) is 17.1 Å². The highest BCUT2D eigenvalue weighted by molar-refractivity contribution is 9.10. The minimum Gasteiger partial charge on any atom is -0.489 e. The van der Waals surface area contributed by atoms with Crippen LogP contribution in [0.25, 0.3) is 0 Å². The second-order valence-electron chi connectivity index (χ2n) is 9.68. The highest BCUT2D eigenvalue weighted by Gasteiger charge is 2.30. The predicted molar refractivity (Wildman–Crippen MR) is 161 cm³/mol. The van der Waals surface area contributed by atoms with Crippen LogP contribution >= 0.6 is 15.9 Å². The van der Waals surface area contributed by atoms with E-state index in [2.05, 4.69) is 21.2 Å². The van der Waals surface area contributed by atoms with Crippen LogP contribution in [0.2, 0.25) is 0 Å². The average Bonchev–Trinajstić information content (AvgIpc) is 2.93. The molecule has 2 atom stereocenters. The van der Waals surface area contributed by atoms with E-state index >= 15 is 0 Å². The van der Waals surface area contributed by atoms with Crippen LogP contribution in [-0.2, 0) is 32.8 Å². The normalized spacial score (nSPS) is 12.7. The predicted octanol–water partition coefficient (Wildman–Crippen LogP) is 5.13. The van der Waals surface area contributed by atoms with Crippen molar-refractivity contribution in [2.75, 3.05) is 17.1 Å². The number of hydrogen-bond acceptors (Lipinski definition) is 5. The van der Waals surface area contributed by atoms with Crippen molar-refractivity contribution in [3.63, 3.8) is 0 Å². The van der Waals surface area contributed by atoms with Gasteiger partial charge in [0.05, 0.1) is 11.9 Å². The first-order valence-electron chi connectivity index (χ1n) is 13.1. The summed E-state index contributed by atoms with van der Waals surface area (Å²) < 4.78 is 33.3. The Bertz CT molecular complexity index is 1380. The molecule has 214 valence electrons. The number of anilines is 1. The fourth-order valence-electron chi connectivity index (χ4n) is 3.94. The van der Waals surface area contributed by atoms with Gasteiger partial charge in [0.15, 0.2) is 0 Å². The molecule has 40 heavy (non-hydrogen) atoms. The van der Waals surface area contributed by atoms with Crippen molar-refractivity contribution >= 4 is 43.5 Å². The zero-order valence-corrected chi connectivity index (χ0v) is 25.6. The molecule has 0 heterocycles. The van der Waals surface area contributed by atoms with Crippen molar-refractivity contribution in [1.82, 2.24) is 10.2 Å². The molecule has 1 N–H and O–H groups in total. The van der Waals surface area contributed by atoms with Gasteiger partial charge in [-0.1, -0.05) is 65.3 Å². The number of benzene rings is 3. The van der Waals surface area contributed by atoms with E-state index in [1.54, 1.807) is 31.2 Å². The Kier molecular flexibility index (Phi) is 11.2. The molecule has 3 aromatic carbocycles. The molecule has 0 fully saturated rings. The van der Waals surface area contributed by atoms with Crippen LogP contribution in [0.5, 0.6) is 5.75 Å². The Labute approximate surface area is 245 Å². The lowest BCUT2D eigenvalue weighted by atomic mass is 10.1. The molecule has 8 nitrogen and oxygen atoms in total. The molecule has 0 unspecified atom stereocenters. The number of rotatable bonds is 13. The summed E-state index contributed by atoms with van der Waals surface area (Å²) in [5.41, 5.74) is 2.13. The number of halogens is 1. The van der Waals surface area contributed by atoms with Gasteiger partial charge in [-0.25, -0.2) is 8.42 Å². The third-order valence-electron chi connectivity index (χ3n) is 6.46. The van der Waals surface area contributed by atoms with Gasteiger partial charge < -0.3 is 15.0 Å². The van der Waals surface area contributed by atoms with E-state index < -0.39 is 28.5 Å². The van der Waals surface area contributed by atoms with Gasteiger partial charge in [0.1, 0.15) is 24.9 Å². The number of hydrogen-bond donors (Lipinski definition) is 1. The minimum absolute atomic E-state index is 0.0621. The SMILES string of the molecule is CC[C@@H](C)NC(=O)[C@@H](C)N(Cc1cccc(Br)c1)C(=O)CN(c1ccc(OCc2ccccc2)cc1)S(C)(=O)=O. The fraction of sp³-hybridized carbons (Fsp3) is 0.333. The maximum atomic E-state index is 13.7. The quantitative estimate of drug-likeness (QED) is 0.283. The number of sulfonamides is 1. The highest BCUT2D eigenvalue weighted by Crippen LogP contribution is 2.23. The maximum absolute atomic E-state index is 13.7. The van der Waals surface area contributed by atoms with E-state index in [9.17, 15) is 18.0 Å². The van der Waals surface area contributed by atoms with Crippen molar-refractivity contribution in [2.24, 2.45) is 0 Å². The molecule has 0 aliphatic heterocycles. The first-order chi connectivity index (χ1) is 19.0. The van der Waals surface area contributed by atoms with Crippen molar-refractivity contribution in [3.05, 3.63) is 94.5 Å². The summed E-state index contributed by atoms with van der Waals surface area (Å²) in [5, 5.41) is 2.92. The third-order valence-corrected chi connectivity index (χ3v) is 8.10. The van der Waals surface area contributed by atoms with E-state index in [1.807, 2.05) is 68.4 Å². The number of ether oxygens (including phenoxy) is 1. The van der Waals surface area contributed by atoms with Crippen LogP contribution in [0.3, 0.4) is 0 Å². The Morgan fingerprint density at radius 3 is 2.20 bits per heavy atom. The topological polar surface area (TPSA) is 96.0 Å². The summed E-state index contributed by atoms with van der Waals surface area (Å²) in [7, 11) is -3.83. The van der Waals surface area contributed by atoms with Gasteiger partial charge in [-0.3, -0.25) is 13.9 Å². The molecule has 10 heteroatoms. The van der Waals surface area contributed by atoms with E-state index in [1.165, 1.54) is 4.90 Å². The number of nitrogens with zero attached hydrogens (tertiary/aromatic N) is 2.